The van der Waals surface area contributed by atoms with E-state index in [4.69, 9.17) is 0 Å². The van der Waals surface area contributed by atoms with Gasteiger partial charge in [0.15, 0.2) is 0 Å². The van der Waals surface area contributed by atoms with Gasteiger partial charge in [0.05, 0.1) is 17.8 Å². The van der Waals surface area contributed by atoms with E-state index in [2.05, 4.69) is 32.9 Å². The molecule has 0 saturated carbocycles. The van der Waals surface area contributed by atoms with Crippen molar-refractivity contribution in [3.63, 3.8) is 0 Å². The third-order valence-electron chi connectivity index (χ3n) is 5.31. The van der Waals surface area contributed by atoms with Crippen LogP contribution in [0.5, 0.6) is 0 Å². The normalized spacial score (nSPS) is 23.8. The average Bonchev–Trinajstić information content (AvgIpc) is 3.34. The molecule has 25 heavy (non-hydrogen) atoms. The smallest absolute Gasteiger partial charge is 0.0988 e. The number of aromatic nitrogens is 1. The molecule has 0 bridgehead atoms. The number of pyridine rings is 1. The number of nitrogens with one attached hydrogen (secondary N) is 2. The van der Waals surface area contributed by atoms with E-state index < -0.39 is 6.10 Å². The van der Waals surface area contributed by atoms with Gasteiger partial charge in [0.25, 0.3) is 0 Å². The minimum Gasteiger partial charge on any atom is -0.387 e. The number of hydrogen-bond acceptors (Lipinski definition) is 6. The third-order valence-corrected chi connectivity index (χ3v) is 6.49. The zero-order chi connectivity index (χ0) is 17.1. The van der Waals surface area contributed by atoms with Crippen molar-refractivity contribution in [2.45, 2.75) is 38.0 Å². The van der Waals surface area contributed by atoms with Gasteiger partial charge >= 0.3 is 0 Å². The van der Waals surface area contributed by atoms with Crippen LogP contribution in [0.2, 0.25) is 0 Å². The van der Waals surface area contributed by atoms with Crippen molar-refractivity contribution in [3.8, 4) is 0 Å². The molecule has 0 aromatic carbocycles. The van der Waals surface area contributed by atoms with Crippen LogP contribution in [-0.2, 0) is 6.54 Å². The summed E-state index contributed by atoms with van der Waals surface area (Å²) >= 11 is 1.92. The zero-order valence-electron chi connectivity index (χ0n) is 14.4. The molecule has 2 atom stereocenters. The number of hydrazine groups is 1. The van der Waals surface area contributed by atoms with E-state index in [-0.39, 0.29) is 0 Å². The van der Waals surface area contributed by atoms with Gasteiger partial charge in [0.1, 0.15) is 0 Å². The molecule has 3 N–H and O–H groups in total. The first kappa shape index (κ1) is 17.1. The Kier molecular flexibility index (Phi) is 5.43. The van der Waals surface area contributed by atoms with Crippen LogP contribution in [0.25, 0.3) is 0 Å². The minimum absolute atomic E-state index is 0.318. The Bertz CT molecular complexity index is 663. The molecule has 2 unspecified atom stereocenters. The Labute approximate surface area is 153 Å². The summed E-state index contributed by atoms with van der Waals surface area (Å²) in [6, 6.07) is 10.8. The quantitative estimate of drug-likeness (QED) is 0.767. The van der Waals surface area contributed by atoms with Crippen molar-refractivity contribution < 1.29 is 5.11 Å². The lowest BCUT2D eigenvalue weighted by Gasteiger charge is -2.33. The number of rotatable bonds is 5. The summed E-state index contributed by atoms with van der Waals surface area (Å²) < 4.78 is 0. The lowest BCUT2D eigenvalue weighted by Crippen LogP contribution is -2.35. The number of thiophene rings is 1. The molecule has 6 heteroatoms. The second-order valence-electron chi connectivity index (χ2n) is 7.03. The number of likely N-dealkylation sites (tertiary alicyclic amines) is 1. The van der Waals surface area contributed by atoms with Gasteiger partial charge in [-0.25, -0.2) is 5.43 Å². The van der Waals surface area contributed by atoms with Gasteiger partial charge in [-0.15, -0.1) is 11.3 Å². The second-order valence-corrected chi connectivity index (χ2v) is 8.23. The molecule has 0 spiro atoms. The lowest BCUT2D eigenvalue weighted by atomic mass is 9.89. The Morgan fingerprint density at radius 3 is 2.80 bits per heavy atom. The van der Waals surface area contributed by atoms with E-state index in [9.17, 15) is 5.11 Å². The average molecular weight is 359 g/mol. The zero-order valence-corrected chi connectivity index (χ0v) is 15.2. The molecule has 0 radical (unpaired) electrons. The predicted molar refractivity (Wildman–Crippen MR) is 100 cm³/mol. The molecule has 4 heterocycles. The second kappa shape index (κ2) is 7.93. The number of hydrogen-bond donors (Lipinski definition) is 3. The van der Waals surface area contributed by atoms with Gasteiger partial charge in [-0.05, 0) is 62.5 Å². The lowest BCUT2D eigenvalue weighted by molar-refractivity contribution is 0.0542. The predicted octanol–water partition coefficient (Wildman–Crippen LogP) is 2.63. The molecule has 0 amide bonds. The monoisotopic (exact) mass is 358 g/mol. The SMILES string of the molecule is OC(c1ccccn1)C1CCN(Cc2ccc(C3CCNN3)s2)CC1. The first-order valence-electron chi connectivity index (χ1n) is 9.18. The Morgan fingerprint density at radius 1 is 1.20 bits per heavy atom. The van der Waals surface area contributed by atoms with Crippen molar-refractivity contribution in [1.82, 2.24) is 20.7 Å². The highest BCUT2D eigenvalue weighted by molar-refractivity contribution is 7.12. The summed E-state index contributed by atoms with van der Waals surface area (Å²) in [4.78, 5) is 9.69. The molecule has 2 saturated heterocycles. The molecule has 2 aliphatic rings. The number of piperidine rings is 1. The molecule has 134 valence electrons. The van der Waals surface area contributed by atoms with E-state index in [0.29, 0.717) is 12.0 Å². The van der Waals surface area contributed by atoms with Crippen LogP contribution in [-0.4, -0.2) is 34.6 Å². The first-order valence-corrected chi connectivity index (χ1v) is 9.99. The molecule has 4 rings (SSSR count). The number of aliphatic hydroxyl groups excluding tert-OH is 1. The Balaban J connectivity index is 1.29. The van der Waals surface area contributed by atoms with Crippen molar-refractivity contribution in [3.05, 3.63) is 52.0 Å². The Morgan fingerprint density at radius 2 is 2.08 bits per heavy atom. The highest BCUT2D eigenvalue weighted by Gasteiger charge is 2.27. The summed E-state index contributed by atoms with van der Waals surface area (Å²) in [7, 11) is 0. The van der Waals surface area contributed by atoms with Gasteiger partial charge in [0, 0.05) is 29.0 Å². The highest BCUT2D eigenvalue weighted by Crippen LogP contribution is 2.32. The fourth-order valence-electron chi connectivity index (χ4n) is 3.80. The van der Waals surface area contributed by atoms with E-state index in [1.165, 1.54) is 9.75 Å². The van der Waals surface area contributed by atoms with Gasteiger partial charge in [-0.2, -0.15) is 0 Å². The van der Waals surface area contributed by atoms with Crippen LogP contribution in [0.3, 0.4) is 0 Å². The van der Waals surface area contributed by atoms with Gasteiger partial charge in [-0.1, -0.05) is 6.07 Å². The molecular formula is C19H26N4OS. The first-order chi connectivity index (χ1) is 12.3. The maximum Gasteiger partial charge on any atom is 0.0988 e. The van der Waals surface area contributed by atoms with E-state index >= 15 is 0 Å². The molecular weight excluding hydrogens is 332 g/mol. The van der Waals surface area contributed by atoms with E-state index in [0.717, 1.165) is 51.1 Å². The fraction of sp³-hybridized carbons (Fsp3) is 0.526. The van der Waals surface area contributed by atoms with Crippen molar-refractivity contribution in [2.24, 2.45) is 5.92 Å². The van der Waals surface area contributed by atoms with Crippen LogP contribution in [0, 0.1) is 5.92 Å². The van der Waals surface area contributed by atoms with Crippen LogP contribution < -0.4 is 10.9 Å². The van der Waals surface area contributed by atoms with Crippen molar-refractivity contribution in [1.29, 1.82) is 0 Å². The maximum atomic E-state index is 10.6. The van der Waals surface area contributed by atoms with Crippen molar-refractivity contribution >= 4 is 11.3 Å². The van der Waals surface area contributed by atoms with Gasteiger partial charge in [0.2, 0.25) is 0 Å². The number of aliphatic hydroxyl groups is 1. The van der Waals surface area contributed by atoms with E-state index in [1.807, 2.05) is 29.5 Å². The van der Waals surface area contributed by atoms with Crippen LogP contribution >= 0.6 is 11.3 Å². The summed E-state index contributed by atoms with van der Waals surface area (Å²) in [5.41, 5.74) is 7.35. The summed E-state index contributed by atoms with van der Waals surface area (Å²) in [6.45, 7) is 4.16. The standard InChI is InChI=1S/C19H26N4OS/c24-19(17-3-1-2-9-20-17)14-7-11-23(12-8-14)13-15-4-5-18(25-15)16-6-10-21-22-16/h1-5,9,14,16,19,21-22,24H,6-8,10-13H2. The third kappa shape index (κ3) is 4.10. The Hall–Kier alpha value is -1.31. The number of nitrogens with zero attached hydrogens (tertiary/aromatic N) is 2. The molecule has 2 fully saturated rings. The van der Waals surface area contributed by atoms with Gasteiger partial charge in [-0.3, -0.25) is 15.3 Å². The molecule has 5 nitrogen and oxygen atoms in total. The molecule has 2 aromatic heterocycles. The molecule has 2 aromatic rings. The molecule has 0 aliphatic carbocycles. The minimum atomic E-state index is -0.433. The summed E-state index contributed by atoms with van der Waals surface area (Å²) in [6.07, 6.45) is 4.56. The van der Waals surface area contributed by atoms with Crippen LogP contribution in [0.4, 0.5) is 0 Å². The van der Waals surface area contributed by atoms with Crippen LogP contribution in [0.15, 0.2) is 36.5 Å². The topological polar surface area (TPSA) is 60.4 Å². The molecule has 2 aliphatic heterocycles. The fourth-order valence-corrected chi connectivity index (χ4v) is 4.94. The van der Waals surface area contributed by atoms with Gasteiger partial charge < -0.3 is 5.11 Å². The van der Waals surface area contributed by atoms with E-state index in [1.54, 1.807) is 6.20 Å². The highest BCUT2D eigenvalue weighted by atomic mass is 32.1. The largest absolute Gasteiger partial charge is 0.387 e. The summed E-state index contributed by atoms with van der Waals surface area (Å²) in [5, 5.41) is 10.6. The van der Waals surface area contributed by atoms with Crippen molar-refractivity contribution in [2.75, 3.05) is 19.6 Å². The maximum absolute atomic E-state index is 10.6. The van der Waals surface area contributed by atoms with Crippen LogP contribution in [0.1, 0.15) is 46.9 Å². The summed E-state index contributed by atoms with van der Waals surface area (Å²) in [5.74, 6) is 0.318.